The Bertz CT molecular complexity index is 433. The fourth-order valence-corrected chi connectivity index (χ4v) is 2.95. The molecule has 17 heavy (non-hydrogen) atoms. The normalized spacial score (nSPS) is 23.9. The molecule has 0 heterocycles. The molecule has 0 aromatic rings. The summed E-state index contributed by atoms with van der Waals surface area (Å²) in [6, 6.07) is -0.0696. The van der Waals surface area contributed by atoms with Gasteiger partial charge in [-0.25, -0.2) is 13.1 Å². The fourth-order valence-electron chi connectivity index (χ4n) is 2.09. The summed E-state index contributed by atoms with van der Waals surface area (Å²) in [5, 5.41) is 2.69. The van der Waals surface area contributed by atoms with Crippen molar-refractivity contribution in [1.29, 1.82) is 0 Å². The largest absolute Gasteiger partial charge is 0.345 e. The van der Waals surface area contributed by atoms with Gasteiger partial charge in [0.05, 0.1) is 6.26 Å². The average Bonchev–Trinajstić information content (AvgIpc) is 2.60. The van der Waals surface area contributed by atoms with Crippen LogP contribution in [0.5, 0.6) is 0 Å². The van der Waals surface area contributed by atoms with E-state index < -0.39 is 10.0 Å². The van der Waals surface area contributed by atoms with E-state index in [1.807, 2.05) is 0 Å². The Kier molecular flexibility index (Phi) is 4.97. The predicted octanol–water partition coefficient (Wildman–Crippen LogP) is -0.156. The standard InChI is InChI=1S/C11H18N2O3S/c1-3-5-11(14)12-8-9-6-4-7-10(9)13-17(2,15)16/h9-10,13H,4,6-8H2,1-2H3,(H,12,14). The molecule has 1 aliphatic carbocycles. The first-order valence-corrected chi connectivity index (χ1v) is 7.49. The highest BCUT2D eigenvalue weighted by Crippen LogP contribution is 2.25. The van der Waals surface area contributed by atoms with Crippen LogP contribution in [-0.4, -0.2) is 33.2 Å². The molecule has 0 aromatic carbocycles. The van der Waals surface area contributed by atoms with Crippen molar-refractivity contribution in [1.82, 2.24) is 10.0 Å². The number of rotatable bonds is 4. The number of amides is 1. The molecule has 1 rings (SSSR count). The number of hydrogen-bond donors (Lipinski definition) is 2. The number of carbonyl (C=O) groups excluding carboxylic acids is 1. The van der Waals surface area contributed by atoms with Gasteiger partial charge in [-0.05, 0) is 31.6 Å². The maximum absolute atomic E-state index is 11.2. The third kappa shape index (κ3) is 5.20. The Hall–Kier alpha value is -1.06. The van der Waals surface area contributed by atoms with E-state index in [-0.39, 0.29) is 17.9 Å². The second-order valence-corrected chi connectivity index (χ2v) is 6.05. The minimum atomic E-state index is -3.18. The molecule has 2 atom stereocenters. The fraction of sp³-hybridized carbons (Fsp3) is 0.727. The molecule has 2 N–H and O–H groups in total. The molecule has 1 aliphatic rings. The molecule has 1 amide bonds. The van der Waals surface area contributed by atoms with Gasteiger partial charge in [-0.3, -0.25) is 4.79 Å². The van der Waals surface area contributed by atoms with Gasteiger partial charge in [0.1, 0.15) is 0 Å². The van der Waals surface area contributed by atoms with Crippen LogP contribution in [0.15, 0.2) is 0 Å². The van der Waals surface area contributed by atoms with Crippen LogP contribution in [-0.2, 0) is 14.8 Å². The topological polar surface area (TPSA) is 75.3 Å². The molecule has 6 heteroatoms. The summed E-state index contributed by atoms with van der Waals surface area (Å²) < 4.78 is 24.9. The molecule has 0 radical (unpaired) electrons. The Labute approximate surface area is 102 Å². The van der Waals surface area contributed by atoms with Gasteiger partial charge in [0.25, 0.3) is 5.91 Å². The summed E-state index contributed by atoms with van der Waals surface area (Å²) in [6.07, 6.45) is 3.89. The zero-order chi connectivity index (χ0) is 12.9. The van der Waals surface area contributed by atoms with Gasteiger partial charge in [0.15, 0.2) is 0 Å². The molecular weight excluding hydrogens is 240 g/mol. The van der Waals surface area contributed by atoms with Crippen molar-refractivity contribution in [2.24, 2.45) is 5.92 Å². The van der Waals surface area contributed by atoms with E-state index in [1.54, 1.807) is 6.92 Å². The van der Waals surface area contributed by atoms with Crippen LogP contribution in [0.25, 0.3) is 0 Å². The van der Waals surface area contributed by atoms with E-state index in [2.05, 4.69) is 21.9 Å². The van der Waals surface area contributed by atoms with Crippen LogP contribution >= 0.6 is 0 Å². The highest BCUT2D eigenvalue weighted by atomic mass is 32.2. The van der Waals surface area contributed by atoms with Crippen molar-refractivity contribution < 1.29 is 13.2 Å². The summed E-state index contributed by atoms with van der Waals surface area (Å²) in [5.74, 6) is 4.76. The summed E-state index contributed by atoms with van der Waals surface area (Å²) in [7, 11) is -3.18. The van der Waals surface area contributed by atoms with Crippen molar-refractivity contribution in [2.75, 3.05) is 12.8 Å². The summed E-state index contributed by atoms with van der Waals surface area (Å²) in [4.78, 5) is 11.2. The third-order valence-electron chi connectivity index (χ3n) is 2.79. The maximum Gasteiger partial charge on any atom is 0.295 e. The Balaban J connectivity index is 2.46. The maximum atomic E-state index is 11.2. The highest BCUT2D eigenvalue weighted by Gasteiger charge is 2.29. The van der Waals surface area contributed by atoms with Gasteiger partial charge in [-0.2, -0.15) is 0 Å². The van der Waals surface area contributed by atoms with Gasteiger partial charge < -0.3 is 5.32 Å². The van der Waals surface area contributed by atoms with E-state index in [9.17, 15) is 13.2 Å². The molecule has 5 nitrogen and oxygen atoms in total. The summed E-state index contributed by atoms with van der Waals surface area (Å²) in [6.45, 7) is 2.07. The van der Waals surface area contributed by atoms with Crippen LogP contribution in [0, 0.1) is 17.8 Å². The minimum Gasteiger partial charge on any atom is -0.345 e. The first kappa shape index (κ1) is 14.0. The number of carbonyl (C=O) groups is 1. The van der Waals surface area contributed by atoms with E-state index in [1.165, 1.54) is 0 Å². The second kappa shape index (κ2) is 6.03. The van der Waals surface area contributed by atoms with E-state index in [0.717, 1.165) is 25.5 Å². The van der Waals surface area contributed by atoms with E-state index >= 15 is 0 Å². The van der Waals surface area contributed by atoms with Crippen LogP contribution in [0.1, 0.15) is 26.2 Å². The molecule has 2 unspecified atom stereocenters. The van der Waals surface area contributed by atoms with Gasteiger partial charge >= 0.3 is 0 Å². The van der Waals surface area contributed by atoms with Gasteiger partial charge in [-0.15, -0.1) is 0 Å². The SMILES string of the molecule is CC#CC(=O)NCC1CCCC1NS(C)(=O)=O. The number of nitrogens with one attached hydrogen (secondary N) is 2. The molecule has 0 aliphatic heterocycles. The van der Waals surface area contributed by atoms with Crippen molar-refractivity contribution in [3.8, 4) is 11.8 Å². The smallest absolute Gasteiger partial charge is 0.295 e. The van der Waals surface area contributed by atoms with Crippen LogP contribution < -0.4 is 10.0 Å². The highest BCUT2D eigenvalue weighted by molar-refractivity contribution is 7.88. The molecule has 0 saturated heterocycles. The van der Waals surface area contributed by atoms with E-state index in [4.69, 9.17) is 0 Å². The minimum absolute atomic E-state index is 0.0696. The molecular formula is C11H18N2O3S. The summed E-state index contributed by atoms with van der Waals surface area (Å²) in [5.41, 5.74) is 0. The molecule has 0 spiro atoms. The summed E-state index contributed by atoms with van der Waals surface area (Å²) >= 11 is 0. The second-order valence-electron chi connectivity index (χ2n) is 4.27. The van der Waals surface area contributed by atoms with Crippen molar-refractivity contribution in [3.63, 3.8) is 0 Å². The van der Waals surface area contributed by atoms with Crippen molar-refractivity contribution in [3.05, 3.63) is 0 Å². The molecule has 1 saturated carbocycles. The predicted molar refractivity (Wildman–Crippen MR) is 65.6 cm³/mol. The first-order valence-electron chi connectivity index (χ1n) is 5.60. The quantitative estimate of drug-likeness (QED) is 0.688. The average molecular weight is 258 g/mol. The lowest BCUT2D eigenvalue weighted by Gasteiger charge is -2.19. The zero-order valence-electron chi connectivity index (χ0n) is 10.1. The molecule has 0 aromatic heterocycles. The third-order valence-corrected chi connectivity index (χ3v) is 3.52. The van der Waals surface area contributed by atoms with E-state index in [0.29, 0.717) is 6.54 Å². The molecule has 1 fully saturated rings. The van der Waals surface area contributed by atoms with Gasteiger partial charge in [0, 0.05) is 12.6 Å². The van der Waals surface area contributed by atoms with Crippen molar-refractivity contribution in [2.45, 2.75) is 32.2 Å². The lowest BCUT2D eigenvalue weighted by atomic mass is 10.1. The lowest BCUT2D eigenvalue weighted by molar-refractivity contribution is -0.115. The first-order chi connectivity index (χ1) is 7.92. The van der Waals surface area contributed by atoms with Crippen LogP contribution in [0.3, 0.4) is 0 Å². The van der Waals surface area contributed by atoms with Gasteiger partial charge in [-0.1, -0.05) is 12.3 Å². The zero-order valence-corrected chi connectivity index (χ0v) is 10.9. The molecule has 0 bridgehead atoms. The van der Waals surface area contributed by atoms with Crippen molar-refractivity contribution >= 4 is 15.9 Å². The Morgan fingerprint density at radius 2 is 2.12 bits per heavy atom. The Morgan fingerprint density at radius 3 is 2.71 bits per heavy atom. The monoisotopic (exact) mass is 258 g/mol. The Morgan fingerprint density at radius 1 is 1.41 bits per heavy atom. The lowest BCUT2D eigenvalue weighted by Crippen LogP contribution is -2.41. The van der Waals surface area contributed by atoms with Crippen LogP contribution in [0.2, 0.25) is 0 Å². The molecule has 96 valence electrons. The number of hydrogen-bond acceptors (Lipinski definition) is 3. The van der Waals surface area contributed by atoms with Crippen LogP contribution in [0.4, 0.5) is 0 Å². The number of sulfonamides is 1. The van der Waals surface area contributed by atoms with Gasteiger partial charge in [0.2, 0.25) is 10.0 Å².